The molecule has 21 heavy (non-hydrogen) atoms. The van der Waals surface area contributed by atoms with Gasteiger partial charge in [-0.05, 0) is 29.9 Å². The molecule has 0 spiro atoms. The minimum atomic E-state index is -0.713. The van der Waals surface area contributed by atoms with Crippen LogP contribution in [-0.2, 0) is 27.4 Å². The van der Waals surface area contributed by atoms with Gasteiger partial charge in [0.05, 0.1) is 6.61 Å². The Morgan fingerprint density at radius 3 is 2.48 bits per heavy atom. The average Bonchev–Trinajstić information content (AvgIpc) is 2.44. The summed E-state index contributed by atoms with van der Waals surface area (Å²) in [6.07, 6.45) is 1.45. The number of aliphatic hydroxyl groups excluding tert-OH is 1. The Hall–Kier alpha value is -1.68. The number of cyclic esters (lactones) is 1. The molecule has 1 aliphatic rings. The highest BCUT2D eigenvalue weighted by atomic mass is 16.6. The number of esters is 1. The van der Waals surface area contributed by atoms with Crippen LogP contribution >= 0.6 is 0 Å². The van der Waals surface area contributed by atoms with Crippen molar-refractivity contribution in [2.75, 3.05) is 0 Å². The number of hydrogen-bond donors (Lipinski definition) is 1. The van der Waals surface area contributed by atoms with Crippen LogP contribution in [0.3, 0.4) is 0 Å². The molecule has 4 heteroatoms. The highest BCUT2D eigenvalue weighted by Gasteiger charge is 2.43. The van der Waals surface area contributed by atoms with Gasteiger partial charge in [-0.2, -0.15) is 0 Å². The fourth-order valence-corrected chi connectivity index (χ4v) is 2.91. The Kier molecular flexibility index (Phi) is 4.78. The van der Waals surface area contributed by atoms with Crippen molar-refractivity contribution in [3.8, 4) is 0 Å². The molecule has 1 unspecified atom stereocenters. The topological polar surface area (TPSA) is 63.6 Å². The molecule has 0 saturated carbocycles. The van der Waals surface area contributed by atoms with Crippen molar-refractivity contribution in [1.82, 2.24) is 0 Å². The Bertz CT molecular complexity index is 517. The third kappa shape index (κ3) is 3.50. The SMILES string of the molecule is CC(C)C1(CCc2ccccc2CO)CC(=O)CC(=O)O1. The minimum absolute atomic E-state index is 0.0103. The first-order chi connectivity index (χ1) is 9.97. The summed E-state index contributed by atoms with van der Waals surface area (Å²) < 4.78 is 5.58. The standard InChI is InChI=1S/C17H22O4/c1-12(2)17(10-15(19)9-16(20)21-17)8-7-13-5-3-4-6-14(13)11-18/h3-6,12,18H,7-11H2,1-2H3. The third-order valence-electron chi connectivity index (χ3n) is 4.31. The predicted octanol–water partition coefficient (Wildman–Crippen LogP) is 2.41. The minimum Gasteiger partial charge on any atom is -0.458 e. The molecule has 1 heterocycles. The van der Waals surface area contributed by atoms with Gasteiger partial charge in [-0.3, -0.25) is 9.59 Å². The molecule has 1 fully saturated rings. The molecule has 1 aromatic rings. The van der Waals surface area contributed by atoms with Gasteiger partial charge in [0.15, 0.2) is 0 Å². The van der Waals surface area contributed by atoms with E-state index in [1.807, 2.05) is 38.1 Å². The number of aliphatic hydroxyl groups is 1. The van der Waals surface area contributed by atoms with E-state index in [4.69, 9.17) is 4.74 Å². The van der Waals surface area contributed by atoms with E-state index in [1.165, 1.54) is 0 Å². The zero-order valence-electron chi connectivity index (χ0n) is 12.6. The van der Waals surface area contributed by atoms with Crippen LogP contribution in [0.5, 0.6) is 0 Å². The van der Waals surface area contributed by atoms with Gasteiger partial charge >= 0.3 is 5.97 Å². The van der Waals surface area contributed by atoms with Crippen molar-refractivity contribution in [2.24, 2.45) is 5.92 Å². The van der Waals surface area contributed by atoms with Gasteiger partial charge in [0, 0.05) is 6.42 Å². The molecule has 4 nitrogen and oxygen atoms in total. The largest absolute Gasteiger partial charge is 0.458 e. The van der Waals surface area contributed by atoms with Gasteiger partial charge < -0.3 is 9.84 Å². The molecule has 1 aliphatic heterocycles. The number of carbonyl (C=O) groups is 2. The van der Waals surface area contributed by atoms with Crippen LogP contribution in [0, 0.1) is 5.92 Å². The van der Waals surface area contributed by atoms with Crippen molar-refractivity contribution in [3.05, 3.63) is 35.4 Å². The highest BCUT2D eigenvalue weighted by Crippen LogP contribution is 2.35. The van der Waals surface area contributed by atoms with E-state index in [2.05, 4.69) is 0 Å². The number of Topliss-reactive ketones (excluding diaryl/α,β-unsaturated/α-hetero) is 1. The zero-order chi connectivity index (χ0) is 15.5. The molecule has 0 amide bonds. The second kappa shape index (κ2) is 6.39. The lowest BCUT2D eigenvalue weighted by molar-refractivity contribution is -0.177. The van der Waals surface area contributed by atoms with Crippen LogP contribution in [0.2, 0.25) is 0 Å². The molecule has 1 aromatic carbocycles. The smallest absolute Gasteiger partial charge is 0.313 e. The quantitative estimate of drug-likeness (QED) is 0.668. The van der Waals surface area contributed by atoms with Crippen LogP contribution in [0.1, 0.15) is 44.2 Å². The Balaban J connectivity index is 2.17. The molecule has 0 aliphatic carbocycles. The first kappa shape index (κ1) is 15.7. The van der Waals surface area contributed by atoms with Gasteiger partial charge in [-0.1, -0.05) is 38.1 Å². The van der Waals surface area contributed by atoms with E-state index >= 15 is 0 Å². The number of ether oxygens (including phenoxy) is 1. The normalized spacial score (nSPS) is 22.5. The third-order valence-corrected chi connectivity index (χ3v) is 4.31. The summed E-state index contributed by atoms with van der Waals surface area (Å²) in [6, 6.07) is 7.66. The zero-order valence-corrected chi connectivity index (χ0v) is 12.6. The predicted molar refractivity (Wildman–Crippen MR) is 78.6 cm³/mol. The van der Waals surface area contributed by atoms with E-state index in [1.54, 1.807) is 0 Å². The van der Waals surface area contributed by atoms with Crippen LogP contribution in [0.4, 0.5) is 0 Å². The van der Waals surface area contributed by atoms with E-state index in [-0.39, 0.29) is 31.1 Å². The van der Waals surface area contributed by atoms with Gasteiger partial charge in [0.25, 0.3) is 0 Å². The van der Waals surface area contributed by atoms with E-state index < -0.39 is 11.6 Å². The lowest BCUT2D eigenvalue weighted by atomic mass is 9.78. The van der Waals surface area contributed by atoms with Crippen molar-refractivity contribution in [3.63, 3.8) is 0 Å². The number of rotatable bonds is 5. The first-order valence-electron chi connectivity index (χ1n) is 7.38. The maximum Gasteiger partial charge on any atom is 0.313 e. The van der Waals surface area contributed by atoms with Crippen LogP contribution in [0.15, 0.2) is 24.3 Å². The summed E-state index contributed by atoms with van der Waals surface area (Å²) in [5, 5.41) is 9.37. The van der Waals surface area contributed by atoms with Gasteiger partial charge in [-0.25, -0.2) is 0 Å². The molecule has 0 radical (unpaired) electrons. The van der Waals surface area contributed by atoms with E-state index in [9.17, 15) is 14.7 Å². The maximum atomic E-state index is 11.8. The second-order valence-corrected chi connectivity index (χ2v) is 6.01. The van der Waals surface area contributed by atoms with Crippen molar-refractivity contribution in [2.45, 2.75) is 51.7 Å². The Morgan fingerprint density at radius 2 is 1.90 bits per heavy atom. The highest BCUT2D eigenvalue weighted by molar-refractivity contribution is 5.98. The molecule has 0 bridgehead atoms. The molecule has 2 rings (SSSR count). The molecule has 1 saturated heterocycles. The average molecular weight is 290 g/mol. The fraction of sp³-hybridized carbons (Fsp3) is 0.529. The van der Waals surface area contributed by atoms with Crippen LogP contribution < -0.4 is 0 Å². The molecular weight excluding hydrogens is 268 g/mol. The number of hydrogen-bond acceptors (Lipinski definition) is 4. The number of ketones is 1. The summed E-state index contributed by atoms with van der Waals surface area (Å²) in [4.78, 5) is 23.4. The summed E-state index contributed by atoms with van der Waals surface area (Å²) in [5.41, 5.74) is 1.20. The molecule has 1 N–H and O–H groups in total. The molecule has 114 valence electrons. The van der Waals surface area contributed by atoms with Gasteiger partial charge in [0.1, 0.15) is 17.8 Å². The monoisotopic (exact) mass is 290 g/mol. The lowest BCUT2D eigenvalue weighted by Gasteiger charge is -2.39. The fourth-order valence-electron chi connectivity index (χ4n) is 2.91. The molecule has 0 aromatic heterocycles. The van der Waals surface area contributed by atoms with Gasteiger partial charge in [-0.15, -0.1) is 0 Å². The second-order valence-electron chi connectivity index (χ2n) is 6.01. The van der Waals surface area contributed by atoms with E-state index in [0.717, 1.165) is 11.1 Å². The summed E-state index contributed by atoms with van der Waals surface area (Å²) in [6.45, 7) is 3.94. The summed E-state index contributed by atoms with van der Waals surface area (Å²) >= 11 is 0. The summed E-state index contributed by atoms with van der Waals surface area (Å²) in [5.74, 6) is -0.391. The molecule has 1 atom stereocenters. The lowest BCUT2D eigenvalue weighted by Crippen LogP contribution is -2.47. The number of carbonyl (C=O) groups excluding carboxylic acids is 2. The Labute approximate surface area is 125 Å². The number of aryl methyl sites for hydroxylation is 1. The first-order valence-corrected chi connectivity index (χ1v) is 7.38. The maximum absolute atomic E-state index is 11.8. The van der Waals surface area contributed by atoms with E-state index in [0.29, 0.717) is 12.8 Å². The Morgan fingerprint density at radius 1 is 1.24 bits per heavy atom. The summed E-state index contributed by atoms with van der Waals surface area (Å²) in [7, 11) is 0. The molecular formula is C17H22O4. The van der Waals surface area contributed by atoms with Crippen LogP contribution in [0.25, 0.3) is 0 Å². The van der Waals surface area contributed by atoms with Crippen molar-refractivity contribution in [1.29, 1.82) is 0 Å². The van der Waals surface area contributed by atoms with Crippen molar-refractivity contribution < 1.29 is 19.4 Å². The number of benzene rings is 1. The van der Waals surface area contributed by atoms with Crippen LogP contribution in [-0.4, -0.2) is 22.5 Å². The van der Waals surface area contributed by atoms with Crippen molar-refractivity contribution >= 4 is 11.8 Å². The van der Waals surface area contributed by atoms with Gasteiger partial charge in [0.2, 0.25) is 0 Å².